The van der Waals surface area contributed by atoms with Gasteiger partial charge in [0.1, 0.15) is 0 Å². The second-order valence-corrected chi connectivity index (χ2v) is 7.32. The molecule has 0 nitrogen and oxygen atoms in total. The van der Waals surface area contributed by atoms with Gasteiger partial charge in [0, 0.05) is 16.7 Å². The fourth-order valence-electron chi connectivity index (χ4n) is 3.19. The fraction of sp³-hybridized carbons (Fsp3) is 0.467. The first-order valence-corrected chi connectivity index (χ1v) is 8.01. The van der Waals surface area contributed by atoms with E-state index in [1.807, 2.05) is 13.0 Å². The van der Waals surface area contributed by atoms with E-state index in [1.54, 1.807) is 0 Å². The lowest BCUT2D eigenvalue weighted by atomic mass is 9.77. The number of hydrogen-bond donors (Lipinski definition) is 0. The van der Waals surface area contributed by atoms with Crippen LogP contribution in [-0.4, -0.2) is 15.1 Å². The summed E-state index contributed by atoms with van der Waals surface area (Å²) in [6.07, 6.45) is 13.8. The van der Waals surface area contributed by atoms with Crippen LogP contribution in [0.4, 0.5) is 0 Å². The van der Waals surface area contributed by atoms with Gasteiger partial charge in [-0.15, -0.1) is 23.2 Å². The van der Waals surface area contributed by atoms with Gasteiger partial charge in [-0.3, -0.25) is 0 Å². The third-order valence-electron chi connectivity index (χ3n) is 4.21. The summed E-state index contributed by atoms with van der Waals surface area (Å²) in [6.45, 7) is 2.02. The van der Waals surface area contributed by atoms with Gasteiger partial charge in [-0.25, -0.2) is 0 Å². The molecule has 0 saturated heterocycles. The Balaban J connectivity index is 2.00. The number of rotatable bonds is 1. The monoisotopic (exact) mass is 344 g/mol. The van der Waals surface area contributed by atoms with Crippen LogP contribution in [0.15, 0.2) is 47.6 Å². The van der Waals surface area contributed by atoms with Gasteiger partial charge in [0.05, 0.1) is 10.3 Å². The molecule has 0 radical (unpaired) electrons. The average Bonchev–Trinajstić information content (AvgIpc) is 2.91. The molecule has 3 heteroatoms. The van der Waals surface area contributed by atoms with Gasteiger partial charge in [0.2, 0.25) is 0 Å². The van der Waals surface area contributed by atoms with E-state index in [0.29, 0.717) is 16.7 Å². The summed E-state index contributed by atoms with van der Waals surface area (Å²) in [5, 5.41) is 0.0399. The van der Waals surface area contributed by atoms with E-state index in [-0.39, 0.29) is 10.3 Å². The molecule has 3 aliphatic rings. The second kappa shape index (κ2) is 4.54. The Hall–Kier alpha value is 0.0200. The average molecular weight is 346 g/mol. The van der Waals surface area contributed by atoms with Gasteiger partial charge in [-0.2, -0.15) is 0 Å². The predicted molar refractivity (Wildman–Crippen MR) is 82.7 cm³/mol. The molecule has 2 fully saturated rings. The van der Waals surface area contributed by atoms with Gasteiger partial charge < -0.3 is 0 Å². The van der Waals surface area contributed by atoms with Gasteiger partial charge in [-0.1, -0.05) is 58.0 Å². The molecule has 4 unspecified atom stereocenters. The number of alkyl halides is 3. The Morgan fingerprint density at radius 3 is 3.00 bits per heavy atom. The maximum absolute atomic E-state index is 6.75. The Bertz CT molecular complexity index is 489. The summed E-state index contributed by atoms with van der Waals surface area (Å²) < 4.78 is 0. The molecule has 5 atom stereocenters. The van der Waals surface area contributed by atoms with E-state index < -0.39 is 0 Å². The zero-order chi connectivity index (χ0) is 12.9. The van der Waals surface area contributed by atoms with Crippen molar-refractivity contribution in [3.63, 3.8) is 0 Å². The summed E-state index contributed by atoms with van der Waals surface area (Å²) in [4.78, 5) is 0.0681. The lowest BCUT2D eigenvalue weighted by molar-refractivity contribution is 0.539. The van der Waals surface area contributed by atoms with Crippen LogP contribution in [0.3, 0.4) is 0 Å². The number of allylic oxidation sites excluding steroid dienone is 8. The first-order chi connectivity index (χ1) is 8.60. The van der Waals surface area contributed by atoms with Crippen LogP contribution in [0, 0.1) is 11.8 Å². The number of hydrogen-bond acceptors (Lipinski definition) is 0. The maximum atomic E-state index is 6.75. The summed E-state index contributed by atoms with van der Waals surface area (Å²) in [5.41, 5.74) is 2.71. The van der Waals surface area contributed by atoms with Crippen molar-refractivity contribution in [2.24, 2.45) is 11.8 Å². The summed E-state index contributed by atoms with van der Waals surface area (Å²) >= 11 is 17.0. The van der Waals surface area contributed by atoms with Crippen LogP contribution in [0.5, 0.6) is 0 Å². The Morgan fingerprint density at radius 2 is 2.28 bits per heavy atom. The lowest BCUT2D eigenvalue weighted by Crippen LogP contribution is -2.28. The highest BCUT2D eigenvalue weighted by molar-refractivity contribution is 9.09. The number of halogens is 3. The SMILES string of the molecule is C/C=C\C=C1/CC2C(=CC=CC2Br)[C@H]2C(Cl)C12Cl. The van der Waals surface area contributed by atoms with E-state index in [1.165, 1.54) is 11.1 Å². The minimum Gasteiger partial charge on any atom is -0.120 e. The van der Waals surface area contributed by atoms with Crippen molar-refractivity contribution in [2.75, 3.05) is 0 Å². The Labute approximate surface area is 127 Å². The van der Waals surface area contributed by atoms with E-state index >= 15 is 0 Å². The molecule has 2 saturated carbocycles. The molecule has 3 rings (SSSR count). The molecule has 0 heterocycles. The van der Waals surface area contributed by atoms with Crippen molar-refractivity contribution in [1.29, 1.82) is 0 Å². The van der Waals surface area contributed by atoms with Crippen molar-refractivity contribution >= 4 is 39.1 Å². The van der Waals surface area contributed by atoms with Crippen LogP contribution in [0.25, 0.3) is 0 Å². The summed E-state index contributed by atoms with van der Waals surface area (Å²) in [7, 11) is 0. The van der Waals surface area contributed by atoms with Crippen molar-refractivity contribution in [1.82, 2.24) is 0 Å². The van der Waals surface area contributed by atoms with E-state index in [2.05, 4.69) is 46.3 Å². The summed E-state index contributed by atoms with van der Waals surface area (Å²) in [6, 6.07) is 0. The molecule has 0 aromatic carbocycles. The van der Waals surface area contributed by atoms with E-state index in [4.69, 9.17) is 23.2 Å². The molecule has 0 spiro atoms. The molecule has 0 bridgehead atoms. The third-order valence-corrected chi connectivity index (χ3v) is 6.58. The maximum Gasteiger partial charge on any atom is 0.0908 e. The molecule has 3 aliphatic carbocycles. The van der Waals surface area contributed by atoms with Crippen LogP contribution < -0.4 is 0 Å². The normalized spacial score (nSPS) is 48.0. The van der Waals surface area contributed by atoms with Crippen LogP contribution in [0.1, 0.15) is 13.3 Å². The van der Waals surface area contributed by atoms with Crippen molar-refractivity contribution in [2.45, 2.75) is 28.4 Å². The largest absolute Gasteiger partial charge is 0.120 e. The molecule has 0 amide bonds. The molecule has 0 aromatic heterocycles. The van der Waals surface area contributed by atoms with E-state index in [0.717, 1.165) is 6.42 Å². The van der Waals surface area contributed by atoms with E-state index in [9.17, 15) is 0 Å². The van der Waals surface area contributed by atoms with Crippen molar-refractivity contribution < 1.29 is 0 Å². The zero-order valence-electron chi connectivity index (χ0n) is 10.1. The standard InChI is InChI=1S/C15H15BrCl2/c1-2-3-5-9-8-11-10(6-4-7-12(11)16)13-14(17)15(9,13)18/h2-7,11-14H,8H2,1H3/b3-2-,9-5+/t11?,12?,13-,14?,15?/m0/s1. The highest BCUT2D eigenvalue weighted by atomic mass is 79.9. The van der Waals surface area contributed by atoms with Gasteiger partial charge in [0.25, 0.3) is 0 Å². The minimum atomic E-state index is -0.332. The molecular weight excluding hydrogens is 331 g/mol. The van der Waals surface area contributed by atoms with Crippen molar-refractivity contribution in [3.8, 4) is 0 Å². The molecule has 0 N–H and O–H groups in total. The van der Waals surface area contributed by atoms with Crippen LogP contribution in [-0.2, 0) is 0 Å². The Morgan fingerprint density at radius 1 is 1.50 bits per heavy atom. The first-order valence-electron chi connectivity index (χ1n) is 6.28. The Kier molecular flexibility index (Phi) is 3.28. The third kappa shape index (κ3) is 1.71. The van der Waals surface area contributed by atoms with Gasteiger partial charge in [-0.05, 0) is 18.9 Å². The topological polar surface area (TPSA) is 0 Å². The first kappa shape index (κ1) is 13.0. The summed E-state index contributed by atoms with van der Waals surface area (Å²) in [5.74, 6) is 0.813. The van der Waals surface area contributed by atoms with Gasteiger partial charge in [0.15, 0.2) is 0 Å². The zero-order valence-corrected chi connectivity index (χ0v) is 13.2. The van der Waals surface area contributed by atoms with Crippen molar-refractivity contribution in [3.05, 3.63) is 47.6 Å². The quantitative estimate of drug-likeness (QED) is 0.588. The number of fused-ring (bicyclic) bond motifs is 3. The van der Waals surface area contributed by atoms with Gasteiger partial charge >= 0.3 is 0 Å². The van der Waals surface area contributed by atoms with Crippen LogP contribution in [0.2, 0.25) is 0 Å². The predicted octanol–water partition coefficient (Wildman–Crippen LogP) is 4.98. The molecule has 0 aromatic rings. The lowest BCUT2D eigenvalue weighted by Gasteiger charge is -2.33. The fourth-order valence-corrected chi connectivity index (χ4v) is 4.92. The molecular formula is C15H15BrCl2. The highest BCUT2D eigenvalue weighted by Gasteiger charge is 2.69. The second-order valence-electron chi connectivity index (χ2n) is 5.17. The molecule has 0 aliphatic heterocycles. The molecule has 96 valence electrons. The van der Waals surface area contributed by atoms with Crippen LogP contribution >= 0.6 is 39.1 Å². The highest BCUT2D eigenvalue weighted by Crippen LogP contribution is 2.68. The smallest absolute Gasteiger partial charge is 0.0908 e. The minimum absolute atomic E-state index is 0.0399. The molecule has 18 heavy (non-hydrogen) atoms.